The molecule has 1 aliphatic heterocycles. The number of rotatable bonds is 3. The van der Waals surface area contributed by atoms with Gasteiger partial charge in [0.1, 0.15) is 0 Å². The van der Waals surface area contributed by atoms with Crippen LogP contribution in [0.5, 0.6) is 0 Å². The number of aliphatic carboxylic acids is 1. The summed E-state index contributed by atoms with van der Waals surface area (Å²) in [6.07, 6.45) is 0. The van der Waals surface area contributed by atoms with Crippen LogP contribution in [-0.4, -0.2) is 24.2 Å². The van der Waals surface area contributed by atoms with Gasteiger partial charge in [0.25, 0.3) is 0 Å². The number of fused-ring (bicyclic) bond motifs is 1. The second-order valence-corrected chi connectivity index (χ2v) is 4.78. The predicted octanol–water partition coefficient (Wildman–Crippen LogP) is 2.64. The second-order valence-electron chi connectivity index (χ2n) is 4.78. The molecule has 0 spiro atoms. The van der Waals surface area contributed by atoms with Crippen LogP contribution in [0.4, 0.5) is 5.69 Å². The number of benzene rings is 1. The standard InChI is InChI=1S/C14H19NO2/c1-4-15-8-11(10(3)14(16)17)13-9(2)6-5-7-12(13)15/h5-7,10-11H,4,8H2,1-3H3,(H,16,17). The van der Waals surface area contributed by atoms with E-state index < -0.39 is 5.97 Å². The van der Waals surface area contributed by atoms with E-state index in [1.54, 1.807) is 0 Å². The topological polar surface area (TPSA) is 40.5 Å². The van der Waals surface area contributed by atoms with Crippen LogP contribution in [0.15, 0.2) is 18.2 Å². The minimum absolute atomic E-state index is 0.114. The molecule has 1 N–H and O–H groups in total. The third-order valence-electron chi connectivity index (χ3n) is 3.80. The molecule has 1 aromatic carbocycles. The van der Waals surface area contributed by atoms with Crippen molar-refractivity contribution in [2.45, 2.75) is 26.7 Å². The summed E-state index contributed by atoms with van der Waals surface area (Å²) in [6, 6.07) is 6.21. The quantitative estimate of drug-likeness (QED) is 0.872. The van der Waals surface area contributed by atoms with Gasteiger partial charge < -0.3 is 10.0 Å². The van der Waals surface area contributed by atoms with Gasteiger partial charge in [-0.1, -0.05) is 19.1 Å². The van der Waals surface area contributed by atoms with Gasteiger partial charge in [0.2, 0.25) is 0 Å². The number of carboxylic acid groups (broad SMARTS) is 1. The maximum absolute atomic E-state index is 11.2. The molecule has 1 aliphatic rings. The monoisotopic (exact) mass is 233 g/mol. The van der Waals surface area contributed by atoms with Crippen molar-refractivity contribution >= 4 is 11.7 Å². The lowest BCUT2D eigenvalue weighted by molar-refractivity contribution is -0.141. The minimum Gasteiger partial charge on any atom is -0.481 e. The van der Waals surface area contributed by atoms with E-state index in [0.717, 1.165) is 13.1 Å². The SMILES string of the molecule is CCN1CC(C(C)C(=O)O)c2c(C)cccc21. The van der Waals surface area contributed by atoms with E-state index in [1.165, 1.54) is 16.8 Å². The molecule has 0 fully saturated rings. The van der Waals surface area contributed by atoms with E-state index >= 15 is 0 Å². The first-order valence-corrected chi connectivity index (χ1v) is 6.13. The average Bonchev–Trinajstić information content (AvgIpc) is 2.68. The van der Waals surface area contributed by atoms with Gasteiger partial charge in [0.15, 0.2) is 0 Å². The fourth-order valence-corrected chi connectivity index (χ4v) is 2.73. The highest BCUT2D eigenvalue weighted by Gasteiger charge is 2.35. The van der Waals surface area contributed by atoms with E-state index in [-0.39, 0.29) is 11.8 Å². The van der Waals surface area contributed by atoms with Crippen LogP contribution in [-0.2, 0) is 4.79 Å². The van der Waals surface area contributed by atoms with Gasteiger partial charge in [-0.05, 0) is 31.0 Å². The third-order valence-corrected chi connectivity index (χ3v) is 3.80. The van der Waals surface area contributed by atoms with Gasteiger partial charge in [-0.2, -0.15) is 0 Å². The van der Waals surface area contributed by atoms with Crippen LogP contribution in [0, 0.1) is 12.8 Å². The molecule has 17 heavy (non-hydrogen) atoms. The molecule has 0 saturated carbocycles. The van der Waals surface area contributed by atoms with Crippen LogP contribution >= 0.6 is 0 Å². The first kappa shape index (κ1) is 12.0. The molecule has 92 valence electrons. The lowest BCUT2D eigenvalue weighted by Crippen LogP contribution is -2.26. The largest absolute Gasteiger partial charge is 0.481 e. The third kappa shape index (κ3) is 1.90. The van der Waals surface area contributed by atoms with Crippen LogP contribution in [0.2, 0.25) is 0 Å². The maximum Gasteiger partial charge on any atom is 0.306 e. The molecule has 0 aliphatic carbocycles. The summed E-state index contributed by atoms with van der Waals surface area (Å²) in [5.41, 5.74) is 3.64. The number of carbonyl (C=O) groups is 1. The Balaban J connectivity index is 2.45. The fraction of sp³-hybridized carbons (Fsp3) is 0.500. The molecular formula is C14H19NO2. The van der Waals surface area contributed by atoms with Crippen molar-refractivity contribution in [1.29, 1.82) is 0 Å². The van der Waals surface area contributed by atoms with Crippen molar-refractivity contribution in [3.63, 3.8) is 0 Å². The summed E-state index contributed by atoms with van der Waals surface area (Å²) in [6.45, 7) is 7.74. The van der Waals surface area contributed by atoms with Crippen molar-refractivity contribution in [2.24, 2.45) is 5.92 Å². The highest BCUT2D eigenvalue weighted by Crippen LogP contribution is 2.41. The Morgan fingerprint density at radius 1 is 1.59 bits per heavy atom. The Labute approximate surface area is 102 Å². The van der Waals surface area contributed by atoms with E-state index in [9.17, 15) is 9.90 Å². The second kappa shape index (κ2) is 4.40. The van der Waals surface area contributed by atoms with E-state index in [4.69, 9.17) is 0 Å². The van der Waals surface area contributed by atoms with Crippen LogP contribution in [0.25, 0.3) is 0 Å². The van der Waals surface area contributed by atoms with Gasteiger partial charge in [0.05, 0.1) is 5.92 Å². The summed E-state index contributed by atoms with van der Waals surface area (Å²) in [7, 11) is 0. The predicted molar refractivity (Wildman–Crippen MR) is 68.6 cm³/mol. The number of aryl methyl sites for hydroxylation is 1. The van der Waals surface area contributed by atoms with Crippen LogP contribution in [0.3, 0.4) is 0 Å². The summed E-state index contributed by atoms with van der Waals surface area (Å²) >= 11 is 0. The summed E-state index contributed by atoms with van der Waals surface area (Å²) < 4.78 is 0. The highest BCUT2D eigenvalue weighted by atomic mass is 16.4. The Hall–Kier alpha value is -1.51. The van der Waals surface area contributed by atoms with Crippen LogP contribution in [0.1, 0.15) is 30.9 Å². The molecule has 0 amide bonds. The number of nitrogens with zero attached hydrogens (tertiary/aromatic N) is 1. The highest BCUT2D eigenvalue weighted by molar-refractivity contribution is 5.74. The molecule has 2 atom stereocenters. The van der Waals surface area contributed by atoms with Crippen LogP contribution < -0.4 is 4.90 Å². The normalized spacial score (nSPS) is 20.2. The molecule has 0 radical (unpaired) electrons. The Kier molecular flexibility index (Phi) is 3.09. The van der Waals surface area contributed by atoms with Gasteiger partial charge in [-0.3, -0.25) is 4.79 Å². The van der Waals surface area contributed by atoms with E-state index in [2.05, 4.69) is 30.9 Å². The Bertz CT molecular complexity index is 442. The van der Waals surface area contributed by atoms with Crippen molar-refractivity contribution in [3.8, 4) is 0 Å². The van der Waals surface area contributed by atoms with Crippen molar-refractivity contribution in [3.05, 3.63) is 29.3 Å². The van der Waals surface area contributed by atoms with Gasteiger partial charge in [-0.15, -0.1) is 0 Å². The molecule has 1 heterocycles. The molecule has 1 aromatic rings. The molecule has 2 unspecified atom stereocenters. The molecule has 3 heteroatoms. The summed E-state index contributed by atoms with van der Waals surface area (Å²) in [5.74, 6) is -0.919. The van der Waals surface area contributed by atoms with Crippen molar-refractivity contribution < 1.29 is 9.90 Å². The molecular weight excluding hydrogens is 214 g/mol. The van der Waals surface area contributed by atoms with Crippen molar-refractivity contribution in [2.75, 3.05) is 18.0 Å². The first-order valence-electron chi connectivity index (χ1n) is 6.13. The Morgan fingerprint density at radius 3 is 2.88 bits per heavy atom. The molecule has 0 aromatic heterocycles. The lowest BCUT2D eigenvalue weighted by atomic mass is 9.86. The zero-order valence-electron chi connectivity index (χ0n) is 10.6. The Morgan fingerprint density at radius 2 is 2.29 bits per heavy atom. The summed E-state index contributed by atoms with van der Waals surface area (Å²) in [5, 5.41) is 9.20. The van der Waals surface area contributed by atoms with E-state index in [1.807, 2.05) is 13.0 Å². The number of likely N-dealkylation sites (N-methyl/N-ethyl adjacent to an activating group) is 1. The lowest BCUT2D eigenvalue weighted by Gasteiger charge is -2.18. The average molecular weight is 233 g/mol. The molecule has 0 bridgehead atoms. The number of hydrogen-bond acceptors (Lipinski definition) is 2. The number of anilines is 1. The smallest absolute Gasteiger partial charge is 0.306 e. The van der Waals surface area contributed by atoms with Gasteiger partial charge >= 0.3 is 5.97 Å². The zero-order chi connectivity index (χ0) is 12.6. The van der Waals surface area contributed by atoms with Crippen molar-refractivity contribution in [1.82, 2.24) is 0 Å². The van der Waals surface area contributed by atoms with Gasteiger partial charge in [-0.25, -0.2) is 0 Å². The minimum atomic E-state index is -0.706. The fourth-order valence-electron chi connectivity index (χ4n) is 2.73. The zero-order valence-corrected chi connectivity index (χ0v) is 10.6. The first-order chi connectivity index (χ1) is 8.06. The molecule has 3 nitrogen and oxygen atoms in total. The summed E-state index contributed by atoms with van der Waals surface area (Å²) in [4.78, 5) is 13.5. The number of carboxylic acids is 1. The molecule has 0 saturated heterocycles. The maximum atomic E-state index is 11.2. The number of hydrogen-bond donors (Lipinski definition) is 1. The van der Waals surface area contributed by atoms with E-state index in [0.29, 0.717) is 0 Å². The van der Waals surface area contributed by atoms with Gasteiger partial charge in [0, 0.05) is 24.7 Å². The molecule has 2 rings (SSSR count).